The minimum atomic E-state index is -0.374. The summed E-state index contributed by atoms with van der Waals surface area (Å²) in [5.74, 6) is -0.543. The third-order valence-corrected chi connectivity index (χ3v) is 2.72. The number of hydrogen-bond acceptors (Lipinski definition) is 5. The molecule has 0 N–H and O–H groups in total. The van der Waals surface area contributed by atoms with E-state index in [0.717, 1.165) is 4.70 Å². The monoisotopic (exact) mass is 224 g/mol. The topological polar surface area (TPSA) is 61.2 Å². The zero-order chi connectivity index (χ0) is 11.0. The van der Waals surface area contributed by atoms with Crippen LogP contribution in [0, 0.1) is 0 Å². The Bertz CT molecular complexity index is 541. The molecular formula is C9H8N2O3S. The quantitative estimate of drug-likeness (QED) is 0.691. The van der Waals surface area contributed by atoms with Crippen LogP contribution >= 0.6 is 11.3 Å². The molecule has 0 saturated heterocycles. The Morgan fingerprint density at radius 3 is 2.80 bits per heavy atom. The zero-order valence-corrected chi connectivity index (χ0v) is 9.00. The van der Waals surface area contributed by atoms with Gasteiger partial charge in [-0.25, -0.2) is 0 Å². The Balaban J connectivity index is 2.47. The van der Waals surface area contributed by atoms with Crippen molar-refractivity contribution in [2.24, 2.45) is 0 Å². The lowest BCUT2D eigenvalue weighted by Gasteiger charge is -1.94. The number of aromatic nitrogens is 2. The molecule has 5 nitrogen and oxygen atoms in total. The summed E-state index contributed by atoms with van der Waals surface area (Å²) in [5, 5.41) is 4.39. The predicted octanol–water partition coefficient (Wildman–Crippen LogP) is 1.68. The largest absolute Gasteiger partial charge is 0.415 e. The summed E-state index contributed by atoms with van der Waals surface area (Å²) in [4.78, 5) is 21.9. The van der Waals surface area contributed by atoms with Gasteiger partial charge in [0.05, 0.1) is 16.4 Å². The number of esters is 1. The van der Waals surface area contributed by atoms with Crippen molar-refractivity contribution in [3.8, 4) is 5.06 Å². The predicted molar refractivity (Wildman–Crippen MR) is 55.2 cm³/mol. The lowest BCUT2D eigenvalue weighted by atomic mass is 10.5. The van der Waals surface area contributed by atoms with Crippen LogP contribution in [0.15, 0.2) is 12.3 Å². The summed E-state index contributed by atoms with van der Waals surface area (Å²) in [6, 6.07) is 1.63. The Hall–Kier alpha value is -1.69. The SMILES string of the molecule is CC(=O)Oc1cc2c(cnn2C(C)=O)s1. The lowest BCUT2D eigenvalue weighted by Crippen LogP contribution is -2.06. The van der Waals surface area contributed by atoms with E-state index in [-0.39, 0.29) is 11.9 Å². The summed E-state index contributed by atoms with van der Waals surface area (Å²) >= 11 is 1.29. The van der Waals surface area contributed by atoms with Crippen molar-refractivity contribution >= 4 is 33.4 Å². The highest BCUT2D eigenvalue weighted by Gasteiger charge is 2.11. The molecule has 0 aliphatic carbocycles. The first-order valence-corrected chi connectivity index (χ1v) is 5.06. The molecule has 2 aromatic heterocycles. The maximum Gasteiger partial charge on any atom is 0.308 e. The van der Waals surface area contributed by atoms with E-state index >= 15 is 0 Å². The third kappa shape index (κ3) is 1.75. The van der Waals surface area contributed by atoms with E-state index in [1.54, 1.807) is 12.3 Å². The molecule has 2 heterocycles. The fraction of sp³-hybridized carbons (Fsp3) is 0.222. The van der Waals surface area contributed by atoms with Gasteiger partial charge in [-0.2, -0.15) is 9.78 Å². The van der Waals surface area contributed by atoms with Crippen LogP contribution in [0.25, 0.3) is 10.2 Å². The second-order valence-electron chi connectivity index (χ2n) is 2.98. The Labute approximate surface area is 89.3 Å². The molecule has 78 valence electrons. The number of carbonyl (C=O) groups is 2. The fourth-order valence-electron chi connectivity index (χ4n) is 1.25. The Morgan fingerprint density at radius 1 is 1.47 bits per heavy atom. The van der Waals surface area contributed by atoms with Crippen molar-refractivity contribution in [2.45, 2.75) is 13.8 Å². The van der Waals surface area contributed by atoms with Crippen LogP contribution in [0.4, 0.5) is 0 Å². The average Bonchev–Trinajstić information content (AvgIpc) is 2.60. The fourth-order valence-corrected chi connectivity index (χ4v) is 2.14. The van der Waals surface area contributed by atoms with Crippen LogP contribution in [0.3, 0.4) is 0 Å². The summed E-state index contributed by atoms with van der Waals surface area (Å²) < 4.78 is 7.02. The van der Waals surface area contributed by atoms with Crippen molar-refractivity contribution < 1.29 is 14.3 Å². The number of nitrogens with zero attached hydrogens (tertiary/aromatic N) is 2. The van der Waals surface area contributed by atoms with Gasteiger partial charge in [-0.1, -0.05) is 11.3 Å². The van der Waals surface area contributed by atoms with Gasteiger partial charge in [0, 0.05) is 19.9 Å². The van der Waals surface area contributed by atoms with E-state index in [1.165, 1.54) is 29.9 Å². The van der Waals surface area contributed by atoms with E-state index in [0.29, 0.717) is 10.6 Å². The maximum atomic E-state index is 11.1. The lowest BCUT2D eigenvalue weighted by molar-refractivity contribution is -0.131. The highest BCUT2D eigenvalue weighted by Crippen LogP contribution is 2.31. The third-order valence-electron chi connectivity index (χ3n) is 1.78. The summed E-state index contributed by atoms with van der Waals surface area (Å²) in [7, 11) is 0. The van der Waals surface area contributed by atoms with Gasteiger partial charge in [0.25, 0.3) is 0 Å². The van der Waals surface area contributed by atoms with E-state index in [1.807, 2.05) is 0 Å². The number of carbonyl (C=O) groups excluding carboxylic acids is 2. The van der Waals surface area contributed by atoms with Crippen molar-refractivity contribution in [2.75, 3.05) is 0 Å². The van der Waals surface area contributed by atoms with Crippen LogP contribution in [0.2, 0.25) is 0 Å². The molecular weight excluding hydrogens is 216 g/mol. The van der Waals surface area contributed by atoms with Gasteiger partial charge in [-0.3, -0.25) is 9.59 Å². The molecule has 15 heavy (non-hydrogen) atoms. The highest BCUT2D eigenvalue weighted by atomic mass is 32.1. The molecule has 0 amide bonds. The summed E-state index contributed by atoms with van der Waals surface area (Å²) in [6.07, 6.45) is 1.58. The second kappa shape index (κ2) is 3.47. The summed E-state index contributed by atoms with van der Waals surface area (Å²) in [5.41, 5.74) is 0.670. The Kier molecular flexibility index (Phi) is 2.28. The molecule has 0 aromatic carbocycles. The summed E-state index contributed by atoms with van der Waals surface area (Å²) in [6.45, 7) is 2.76. The van der Waals surface area contributed by atoms with E-state index in [4.69, 9.17) is 4.74 Å². The zero-order valence-electron chi connectivity index (χ0n) is 8.18. The van der Waals surface area contributed by atoms with Gasteiger partial charge < -0.3 is 4.74 Å². The molecule has 0 spiro atoms. The Morgan fingerprint density at radius 2 is 2.20 bits per heavy atom. The molecule has 6 heteroatoms. The van der Waals surface area contributed by atoms with Crippen LogP contribution in [0.1, 0.15) is 18.6 Å². The van der Waals surface area contributed by atoms with Crippen LogP contribution in [0.5, 0.6) is 5.06 Å². The number of thiophene rings is 1. The minimum absolute atomic E-state index is 0.169. The van der Waals surface area contributed by atoms with Crippen molar-refractivity contribution in [1.82, 2.24) is 9.78 Å². The van der Waals surface area contributed by atoms with Gasteiger partial charge >= 0.3 is 5.97 Å². The van der Waals surface area contributed by atoms with Crippen LogP contribution < -0.4 is 4.74 Å². The number of fused-ring (bicyclic) bond motifs is 1. The van der Waals surface area contributed by atoms with E-state index in [9.17, 15) is 9.59 Å². The number of rotatable bonds is 1. The van der Waals surface area contributed by atoms with Gasteiger partial charge in [0.15, 0.2) is 5.06 Å². The molecule has 0 saturated carbocycles. The second-order valence-corrected chi connectivity index (χ2v) is 4.03. The average molecular weight is 224 g/mol. The molecule has 0 fully saturated rings. The van der Waals surface area contributed by atoms with E-state index < -0.39 is 0 Å². The first-order chi connectivity index (χ1) is 7.08. The van der Waals surface area contributed by atoms with Gasteiger partial charge in [0.1, 0.15) is 0 Å². The number of hydrogen-bond donors (Lipinski definition) is 0. The molecule has 2 aromatic rings. The van der Waals surface area contributed by atoms with Gasteiger partial charge in [-0.15, -0.1) is 0 Å². The molecule has 0 aliphatic heterocycles. The smallest absolute Gasteiger partial charge is 0.308 e. The van der Waals surface area contributed by atoms with Gasteiger partial charge in [0.2, 0.25) is 5.91 Å². The van der Waals surface area contributed by atoms with Crippen molar-refractivity contribution in [3.05, 3.63) is 12.3 Å². The maximum absolute atomic E-state index is 11.1. The standard InChI is InChI=1S/C9H8N2O3S/c1-5(12)11-7-3-9(14-6(2)13)15-8(7)4-10-11/h3-4H,1-2H3. The van der Waals surface area contributed by atoms with E-state index in [2.05, 4.69) is 5.10 Å². The van der Waals surface area contributed by atoms with Crippen LogP contribution in [-0.2, 0) is 4.79 Å². The molecule has 0 atom stereocenters. The van der Waals surface area contributed by atoms with Crippen LogP contribution in [-0.4, -0.2) is 21.7 Å². The van der Waals surface area contributed by atoms with Gasteiger partial charge in [-0.05, 0) is 0 Å². The van der Waals surface area contributed by atoms with Crippen molar-refractivity contribution in [3.63, 3.8) is 0 Å². The first-order valence-electron chi connectivity index (χ1n) is 4.25. The normalized spacial score (nSPS) is 10.5. The molecule has 0 aliphatic rings. The minimum Gasteiger partial charge on any atom is -0.415 e. The molecule has 0 radical (unpaired) electrons. The molecule has 0 unspecified atom stereocenters. The highest BCUT2D eigenvalue weighted by molar-refractivity contribution is 7.20. The van der Waals surface area contributed by atoms with Crippen molar-refractivity contribution in [1.29, 1.82) is 0 Å². The number of ether oxygens (including phenoxy) is 1. The molecule has 2 rings (SSSR count). The first kappa shape index (κ1) is 9.85. The molecule has 0 bridgehead atoms.